The predicted molar refractivity (Wildman–Crippen MR) is 89.6 cm³/mol. The molecule has 6 rings (SSSR count). The van der Waals surface area contributed by atoms with Crippen LogP contribution in [0.1, 0.15) is 23.7 Å². The third kappa shape index (κ3) is 1.92. The number of carbonyl (C=O) groups excluding carboxylic acids is 3. The van der Waals surface area contributed by atoms with E-state index in [1.54, 1.807) is 31.2 Å². The summed E-state index contributed by atoms with van der Waals surface area (Å²) in [5.41, 5.74) is 0.835. The summed E-state index contributed by atoms with van der Waals surface area (Å²) in [6, 6.07) is 6.63. The van der Waals surface area contributed by atoms with Crippen LogP contribution in [0.5, 0.6) is 0 Å². The summed E-state index contributed by atoms with van der Waals surface area (Å²) in [5, 5.41) is 0. The van der Waals surface area contributed by atoms with Crippen molar-refractivity contribution in [1.82, 2.24) is 0 Å². The van der Waals surface area contributed by atoms with Gasteiger partial charge in [-0.15, -0.1) is 0 Å². The van der Waals surface area contributed by atoms with Crippen LogP contribution in [0.3, 0.4) is 0 Å². The SMILES string of the molecule is CCOC(=O)c1cccc(N2C(=O)[C@@H]3[C@@H]4C=C[C@H]([C@@H]5C[C@H]45)[C@@H]3C2=O)c1. The molecule has 5 heteroatoms. The van der Waals surface area contributed by atoms with E-state index in [4.69, 9.17) is 4.74 Å². The first-order valence-corrected chi connectivity index (χ1v) is 8.95. The van der Waals surface area contributed by atoms with E-state index in [0.717, 1.165) is 6.42 Å². The second-order valence-electron chi connectivity index (χ2n) is 7.44. The molecule has 3 fully saturated rings. The molecule has 1 heterocycles. The number of hydrogen-bond acceptors (Lipinski definition) is 4. The molecule has 5 aliphatic rings. The lowest BCUT2D eigenvalue weighted by atomic mass is 9.63. The number of ether oxygens (including phenoxy) is 1. The predicted octanol–water partition coefficient (Wildman–Crippen LogP) is 2.42. The second-order valence-corrected chi connectivity index (χ2v) is 7.44. The number of rotatable bonds is 3. The van der Waals surface area contributed by atoms with Crippen molar-refractivity contribution in [2.75, 3.05) is 11.5 Å². The maximum atomic E-state index is 13.1. The maximum Gasteiger partial charge on any atom is 0.338 e. The zero-order valence-electron chi connectivity index (χ0n) is 13.9. The highest BCUT2D eigenvalue weighted by molar-refractivity contribution is 6.22. The Kier molecular flexibility index (Phi) is 3.00. The van der Waals surface area contributed by atoms with E-state index in [1.165, 1.54) is 4.90 Å². The van der Waals surface area contributed by atoms with E-state index in [2.05, 4.69) is 12.2 Å². The topological polar surface area (TPSA) is 63.7 Å². The molecule has 1 saturated heterocycles. The summed E-state index contributed by atoms with van der Waals surface area (Å²) in [4.78, 5) is 39.4. The van der Waals surface area contributed by atoms with Gasteiger partial charge >= 0.3 is 5.97 Å². The molecule has 0 unspecified atom stereocenters. The number of allylic oxidation sites excluding steroid dienone is 2. The minimum Gasteiger partial charge on any atom is -0.462 e. The van der Waals surface area contributed by atoms with Gasteiger partial charge in [0.1, 0.15) is 0 Å². The summed E-state index contributed by atoms with van der Waals surface area (Å²) in [6.07, 6.45) is 5.46. The van der Waals surface area contributed by atoms with Crippen LogP contribution >= 0.6 is 0 Å². The van der Waals surface area contributed by atoms with Gasteiger partial charge in [0.2, 0.25) is 11.8 Å². The van der Waals surface area contributed by atoms with Crippen molar-refractivity contribution in [2.45, 2.75) is 13.3 Å². The molecule has 2 amide bonds. The maximum absolute atomic E-state index is 13.1. The van der Waals surface area contributed by atoms with Crippen LogP contribution in [0, 0.1) is 35.5 Å². The van der Waals surface area contributed by atoms with Gasteiger partial charge < -0.3 is 4.74 Å². The lowest BCUT2D eigenvalue weighted by Crippen LogP contribution is -2.40. The second kappa shape index (κ2) is 5.04. The zero-order valence-corrected chi connectivity index (χ0v) is 13.9. The van der Waals surface area contributed by atoms with Crippen LogP contribution in [0.15, 0.2) is 36.4 Å². The van der Waals surface area contributed by atoms with Gasteiger partial charge in [-0.2, -0.15) is 0 Å². The summed E-state index contributed by atoms with van der Waals surface area (Å²) < 4.78 is 5.02. The molecular formula is C20H19NO4. The largest absolute Gasteiger partial charge is 0.462 e. The van der Waals surface area contributed by atoms with Crippen LogP contribution in [0.25, 0.3) is 0 Å². The van der Waals surface area contributed by atoms with Gasteiger partial charge in [0.15, 0.2) is 0 Å². The van der Waals surface area contributed by atoms with Gasteiger partial charge in [-0.3, -0.25) is 9.59 Å². The third-order valence-electron chi connectivity index (χ3n) is 6.28. The van der Waals surface area contributed by atoms with Crippen LogP contribution < -0.4 is 4.90 Å². The minimum atomic E-state index is -0.441. The van der Waals surface area contributed by atoms with Crippen LogP contribution in [-0.2, 0) is 14.3 Å². The molecule has 1 aromatic carbocycles. The number of nitrogens with zero attached hydrogens (tertiary/aromatic N) is 1. The van der Waals surface area contributed by atoms with Crippen molar-refractivity contribution < 1.29 is 19.1 Å². The number of benzene rings is 1. The Morgan fingerprint density at radius 1 is 1.12 bits per heavy atom. The quantitative estimate of drug-likeness (QED) is 0.483. The Balaban J connectivity index is 1.50. The fourth-order valence-corrected chi connectivity index (χ4v) is 5.20. The first-order chi connectivity index (χ1) is 12.1. The van der Waals surface area contributed by atoms with Crippen molar-refractivity contribution in [2.24, 2.45) is 35.5 Å². The van der Waals surface area contributed by atoms with Crippen molar-refractivity contribution in [3.05, 3.63) is 42.0 Å². The lowest BCUT2D eigenvalue weighted by Gasteiger charge is -2.37. The minimum absolute atomic E-state index is 0.110. The van der Waals surface area contributed by atoms with E-state index in [1.807, 2.05) is 0 Å². The molecule has 5 nitrogen and oxygen atoms in total. The molecule has 4 aliphatic carbocycles. The van der Waals surface area contributed by atoms with Crippen LogP contribution in [-0.4, -0.2) is 24.4 Å². The number of carbonyl (C=O) groups is 3. The zero-order chi connectivity index (χ0) is 17.3. The fraction of sp³-hybridized carbons (Fsp3) is 0.450. The number of imide groups is 1. The number of esters is 1. The van der Waals surface area contributed by atoms with Crippen molar-refractivity contribution in [3.63, 3.8) is 0 Å². The molecule has 1 aromatic rings. The van der Waals surface area contributed by atoms with Crippen molar-refractivity contribution in [1.29, 1.82) is 0 Å². The van der Waals surface area contributed by atoms with Gasteiger partial charge in [0.05, 0.1) is 29.7 Å². The Labute approximate surface area is 145 Å². The van der Waals surface area contributed by atoms with Gasteiger partial charge in [-0.05, 0) is 55.2 Å². The van der Waals surface area contributed by atoms with Gasteiger partial charge in [0.25, 0.3) is 0 Å². The van der Waals surface area contributed by atoms with E-state index in [0.29, 0.717) is 23.1 Å². The molecule has 6 atom stereocenters. The van der Waals surface area contributed by atoms with E-state index >= 15 is 0 Å². The molecule has 25 heavy (non-hydrogen) atoms. The van der Waals surface area contributed by atoms with Gasteiger partial charge in [-0.1, -0.05) is 18.2 Å². The molecule has 0 radical (unpaired) electrons. The Morgan fingerprint density at radius 3 is 2.36 bits per heavy atom. The summed E-state index contributed by atoms with van der Waals surface area (Å²) in [6.45, 7) is 2.03. The first kappa shape index (κ1) is 14.9. The molecule has 2 saturated carbocycles. The normalized spacial score (nSPS) is 37.1. The highest BCUT2D eigenvalue weighted by Gasteiger charge is 2.67. The first-order valence-electron chi connectivity index (χ1n) is 8.95. The summed E-state index contributed by atoms with van der Waals surface area (Å²) in [7, 11) is 0. The number of amides is 2. The average Bonchev–Trinajstić information content (AvgIpc) is 3.39. The molecule has 2 bridgehead atoms. The third-order valence-corrected chi connectivity index (χ3v) is 6.28. The molecule has 1 aliphatic heterocycles. The van der Waals surface area contributed by atoms with Crippen LogP contribution in [0.4, 0.5) is 5.69 Å². The Hall–Kier alpha value is -2.43. The lowest BCUT2D eigenvalue weighted by molar-refractivity contribution is -0.124. The number of anilines is 1. The van der Waals surface area contributed by atoms with E-state index in [9.17, 15) is 14.4 Å². The van der Waals surface area contributed by atoms with E-state index in [-0.39, 0.29) is 42.1 Å². The molecule has 128 valence electrons. The molecule has 0 spiro atoms. The summed E-state index contributed by atoms with van der Waals surface area (Å²) in [5.74, 6) is 0.460. The van der Waals surface area contributed by atoms with Gasteiger partial charge in [0, 0.05) is 0 Å². The number of hydrogen-bond donors (Lipinski definition) is 0. The average molecular weight is 337 g/mol. The fourth-order valence-electron chi connectivity index (χ4n) is 5.20. The highest BCUT2D eigenvalue weighted by Crippen LogP contribution is 2.65. The smallest absolute Gasteiger partial charge is 0.338 e. The Bertz CT molecular complexity index is 793. The monoisotopic (exact) mass is 337 g/mol. The molecule has 0 N–H and O–H groups in total. The highest BCUT2D eigenvalue weighted by atomic mass is 16.5. The van der Waals surface area contributed by atoms with Crippen LogP contribution in [0.2, 0.25) is 0 Å². The van der Waals surface area contributed by atoms with Gasteiger partial charge in [-0.25, -0.2) is 9.69 Å². The molecular weight excluding hydrogens is 318 g/mol. The summed E-state index contributed by atoms with van der Waals surface area (Å²) >= 11 is 0. The molecule has 0 aromatic heterocycles. The Morgan fingerprint density at radius 2 is 1.76 bits per heavy atom. The van der Waals surface area contributed by atoms with Crippen molar-refractivity contribution in [3.8, 4) is 0 Å². The van der Waals surface area contributed by atoms with Crippen molar-refractivity contribution >= 4 is 23.5 Å². The standard InChI is InChI=1S/C20H19NO4/c1-2-25-20(24)10-4-3-5-11(8-10)21-18(22)16-12-6-7-13(15-9-14(12)15)17(16)19(21)23/h3-8,12-17H,2,9H2,1H3/t12-,13-,14-,15+,16-,17+/m1/s1. The van der Waals surface area contributed by atoms with E-state index < -0.39 is 5.97 Å².